The molecular formula is C29H28N2O7. The molecule has 196 valence electrons. The predicted molar refractivity (Wildman–Crippen MR) is 138 cm³/mol. The molecule has 0 spiro atoms. The monoisotopic (exact) mass is 516 g/mol. The Labute approximate surface area is 218 Å². The number of Topliss-reactive ketones (excluding diaryl/α,β-unsaturated/α-hetero) is 4. The lowest BCUT2D eigenvalue weighted by Gasteiger charge is -2.48. The van der Waals surface area contributed by atoms with Gasteiger partial charge in [0.15, 0.2) is 34.7 Å². The van der Waals surface area contributed by atoms with Crippen LogP contribution in [0.3, 0.4) is 0 Å². The molecule has 5 rings (SSSR count). The number of rotatable bonds is 4. The van der Waals surface area contributed by atoms with Gasteiger partial charge in [-0.2, -0.15) is 0 Å². The van der Waals surface area contributed by atoms with Crippen LogP contribution in [-0.4, -0.2) is 58.9 Å². The van der Waals surface area contributed by atoms with Crippen LogP contribution in [0.15, 0.2) is 36.4 Å². The first-order chi connectivity index (χ1) is 18.0. The molecule has 1 amide bonds. The van der Waals surface area contributed by atoms with Crippen LogP contribution in [0.2, 0.25) is 0 Å². The van der Waals surface area contributed by atoms with E-state index in [1.54, 1.807) is 32.3 Å². The highest BCUT2D eigenvalue weighted by Gasteiger charge is 2.66. The summed E-state index contributed by atoms with van der Waals surface area (Å²) < 4.78 is 0. The van der Waals surface area contributed by atoms with E-state index >= 15 is 0 Å². The van der Waals surface area contributed by atoms with Crippen LogP contribution in [0.5, 0.6) is 5.75 Å². The molecule has 0 aromatic heterocycles. The molecule has 38 heavy (non-hydrogen) atoms. The van der Waals surface area contributed by atoms with Crippen LogP contribution >= 0.6 is 0 Å². The van der Waals surface area contributed by atoms with Crippen LogP contribution < -0.4 is 10.6 Å². The zero-order valence-corrected chi connectivity index (χ0v) is 21.0. The van der Waals surface area contributed by atoms with E-state index in [2.05, 4.69) is 0 Å². The SMILES string of the molecule is CN(C)c1cc(C=Cc2ccccc2)c(O)c2c1C[C@H]1C[C@H]3CC(=O)C(C(N)=O)C(=O)[C@@]3(O)C(=O)C1C2=O. The number of anilines is 1. The van der Waals surface area contributed by atoms with Crippen molar-refractivity contribution in [2.24, 2.45) is 29.4 Å². The van der Waals surface area contributed by atoms with Crippen LogP contribution in [0.25, 0.3) is 12.2 Å². The smallest absolute Gasteiger partial charge is 0.235 e. The number of carbonyl (C=O) groups excluding carboxylic acids is 5. The molecule has 2 saturated carbocycles. The van der Waals surface area contributed by atoms with E-state index in [9.17, 15) is 34.2 Å². The van der Waals surface area contributed by atoms with Crippen molar-refractivity contribution in [1.82, 2.24) is 0 Å². The van der Waals surface area contributed by atoms with E-state index in [-0.39, 0.29) is 30.6 Å². The highest BCUT2D eigenvalue weighted by Crippen LogP contribution is 2.51. The third kappa shape index (κ3) is 3.68. The van der Waals surface area contributed by atoms with Gasteiger partial charge in [-0.1, -0.05) is 42.5 Å². The summed E-state index contributed by atoms with van der Waals surface area (Å²) >= 11 is 0. The Kier molecular flexibility index (Phi) is 6.06. The zero-order chi connectivity index (χ0) is 27.5. The highest BCUT2D eigenvalue weighted by atomic mass is 16.3. The number of carbonyl (C=O) groups is 5. The average molecular weight is 517 g/mol. The molecule has 9 nitrogen and oxygen atoms in total. The van der Waals surface area contributed by atoms with Crippen LogP contribution in [-0.2, 0) is 25.6 Å². The summed E-state index contributed by atoms with van der Waals surface area (Å²) in [5.74, 6) is -10.2. The standard InChI is InChI=1S/C29H28N2O7/c1-31(2)19-12-15(9-8-14-6-4-3-5-7-14)24(33)22-18(19)11-16-10-17-13-20(32)23(28(30)37)27(36)29(17,38)26(35)21(16)25(22)34/h3-9,12,16-17,21,23,33,38H,10-11,13H2,1-2H3,(H2,30,37)/t16-,17+,21?,23?,29+/m1/s1. The molecule has 2 aromatic carbocycles. The number of fused-ring (bicyclic) bond motifs is 3. The fraction of sp³-hybridized carbons (Fsp3) is 0.345. The molecule has 2 unspecified atom stereocenters. The van der Waals surface area contributed by atoms with E-state index in [1.807, 2.05) is 35.2 Å². The van der Waals surface area contributed by atoms with Gasteiger partial charge in [0.05, 0.1) is 11.5 Å². The molecule has 0 heterocycles. The van der Waals surface area contributed by atoms with E-state index in [0.717, 1.165) is 5.56 Å². The summed E-state index contributed by atoms with van der Waals surface area (Å²) in [5.41, 5.74) is 5.06. The summed E-state index contributed by atoms with van der Waals surface area (Å²) in [7, 11) is 3.61. The quantitative estimate of drug-likeness (QED) is 0.409. The molecule has 2 aromatic rings. The van der Waals surface area contributed by atoms with Crippen LogP contribution in [0, 0.1) is 23.7 Å². The Hall–Kier alpha value is -4.11. The first kappa shape index (κ1) is 25.5. The van der Waals surface area contributed by atoms with Crippen molar-refractivity contribution >= 4 is 46.9 Å². The van der Waals surface area contributed by atoms with Gasteiger partial charge in [0.1, 0.15) is 5.75 Å². The number of ketones is 4. The lowest BCUT2D eigenvalue weighted by molar-refractivity contribution is -0.175. The summed E-state index contributed by atoms with van der Waals surface area (Å²) in [5, 5.41) is 22.6. The van der Waals surface area contributed by atoms with Gasteiger partial charge in [-0.25, -0.2) is 0 Å². The second-order valence-electron chi connectivity index (χ2n) is 10.6. The number of hydrogen-bond acceptors (Lipinski definition) is 8. The largest absolute Gasteiger partial charge is 0.507 e. The fourth-order valence-electron chi connectivity index (χ4n) is 6.31. The zero-order valence-electron chi connectivity index (χ0n) is 21.0. The number of hydrogen-bond donors (Lipinski definition) is 3. The minimum absolute atomic E-state index is 0.0219. The minimum atomic E-state index is -2.66. The van der Waals surface area contributed by atoms with Gasteiger partial charge < -0.3 is 20.8 Å². The average Bonchev–Trinajstić information content (AvgIpc) is 2.86. The van der Waals surface area contributed by atoms with E-state index in [1.165, 1.54) is 0 Å². The maximum Gasteiger partial charge on any atom is 0.235 e. The van der Waals surface area contributed by atoms with E-state index in [0.29, 0.717) is 16.8 Å². The van der Waals surface area contributed by atoms with Crippen LogP contribution in [0.1, 0.15) is 39.9 Å². The Morgan fingerprint density at radius 2 is 1.74 bits per heavy atom. The molecule has 3 aliphatic rings. The predicted octanol–water partition coefficient (Wildman–Crippen LogP) is 1.56. The van der Waals surface area contributed by atoms with Crippen LogP contribution in [0.4, 0.5) is 5.69 Å². The number of aromatic hydroxyl groups is 1. The Bertz CT molecular complexity index is 1430. The van der Waals surface area contributed by atoms with Crippen molar-refractivity contribution in [3.05, 3.63) is 58.7 Å². The van der Waals surface area contributed by atoms with Crippen molar-refractivity contribution in [2.45, 2.75) is 24.9 Å². The Morgan fingerprint density at radius 1 is 1.05 bits per heavy atom. The topological polar surface area (TPSA) is 155 Å². The molecule has 0 bridgehead atoms. The first-order valence-electron chi connectivity index (χ1n) is 12.4. The first-order valence-corrected chi connectivity index (χ1v) is 12.4. The van der Waals surface area contributed by atoms with Gasteiger partial charge in [-0.15, -0.1) is 0 Å². The van der Waals surface area contributed by atoms with Crippen molar-refractivity contribution in [3.63, 3.8) is 0 Å². The molecular weight excluding hydrogens is 488 g/mol. The van der Waals surface area contributed by atoms with Crippen molar-refractivity contribution in [1.29, 1.82) is 0 Å². The molecule has 4 N–H and O–H groups in total. The Balaban J connectivity index is 1.60. The molecule has 9 heteroatoms. The van der Waals surface area contributed by atoms with Gasteiger partial charge in [0, 0.05) is 37.7 Å². The molecule has 2 fully saturated rings. The highest BCUT2D eigenvalue weighted by molar-refractivity contribution is 6.31. The number of benzene rings is 2. The lowest BCUT2D eigenvalue weighted by atomic mass is 9.53. The summed E-state index contributed by atoms with van der Waals surface area (Å²) in [6.45, 7) is 0. The second-order valence-corrected chi connectivity index (χ2v) is 10.6. The van der Waals surface area contributed by atoms with Gasteiger partial charge in [0.25, 0.3) is 0 Å². The van der Waals surface area contributed by atoms with Gasteiger partial charge in [-0.3, -0.25) is 24.0 Å². The van der Waals surface area contributed by atoms with Gasteiger partial charge >= 0.3 is 0 Å². The van der Waals surface area contributed by atoms with Crippen molar-refractivity contribution in [3.8, 4) is 5.75 Å². The minimum Gasteiger partial charge on any atom is -0.507 e. The third-order valence-electron chi connectivity index (χ3n) is 8.14. The third-order valence-corrected chi connectivity index (χ3v) is 8.14. The maximum atomic E-state index is 13.9. The van der Waals surface area contributed by atoms with Crippen molar-refractivity contribution in [2.75, 3.05) is 19.0 Å². The van der Waals surface area contributed by atoms with Gasteiger partial charge in [0.2, 0.25) is 5.91 Å². The van der Waals surface area contributed by atoms with Crippen molar-refractivity contribution < 1.29 is 34.2 Å². The number of phenolic OH excluding ortho intramolecular Hbond substituents is 1. The molecule has 0 radical (unpaired) electrons. The van der Waals surface area contributed by atoms with Gasteiger partial charge in [-0.05, 0) is 36.0 Å². The van der Waals surface area contributed by atoms with E-state index in [4.69, 9.17) is 5.73 Å². The normalized spacial score (nSPS) is 28.6. The van der Waals surface area contributed by atoms with E-state index < -0.39 is 58.3 Å². The molecule has 5 atom stereocenters. The number of aliphatic hydroxyl groups is 1. The number of phenols is 1. The summed E-state index contributed by atoms with van der Waals surface area (Å²) in [6, 6.07) is 11.2. The molecule has 0 saturated heterocycles. The molecule has 0 aliphatic heterocycles. The fourth-order valence-corrected chi connectivity index (χ4v) is 6.31. The summed E-state index contributed by atoms with van der Waals surface area (Å²) in [6.07, 6.45) is 3.40. The second kappa shape index (κ2) is 9.02. The maximum absolute atomic E-state index is 13.9. The number of nitrogens with zero attached hydrogens (tertiary/aromatic N) is 1. The summed E-state index contributed by atoms with van der Waals surface area (Å²) in [4.78, 5) is 66.8. The number of primary amides is 1. The molecule has 3 aliphatic carbocycles. The lowest BCUT2D eigenvalue weighted by Crippen LogP contribution is -2.68. The number of nitrogens with two attached hydrogens (primary N) is 1. The number of amides is 1. The Morgan fingerprint density at radius 3 is 2.37 bits per heavy atom.